The highest BCUT2D eigenvalue weighted by Crippen LogP contribution is 2.53. The molecule has 0 heterocycles. The molecule has 4 rings (SSSR count). The monoisotopic (exact) mass is 322 g/mol. The average Bonchev–Trinajstić information content (AvgIpc) is 3.18. The maximum absolute atomic E-state index is 14.1. The van der Waals surface area contributed by atoms with Gasteiger partial charge in [-0.3, -0.25) is 0 Å². The second kappa shape index (κ2) is 5.59. The Morgan fingerprint density at radius 3 is 2.50 bits per heavy atom. The lowest BCUT2D eigenvalue weighted by Gasteiger charge is -2.16. The molecule has 122 valence electrons. The standard InChI is InChI=1S/C21H19FO2/c1-12(8-16-4-5-17(21(23)24)11-20(16)22)13-6-7-18-14-2-3-15(9-14)19(18)10-13/h4-8,10-11,14-15H,2-3,9H2,1H3,(H,23,24)/b12-8-. The van der Waals surface area contributed by atoms with Crippen LogP contribution in [0, 0.1) is 5.82 Å². The summed E-state index contributed by atoms with van der Waals surface area (Å²) in [5.41, 5.74) is 5.46. The Labute approximate surface area is 140 Å². The molecule has 3 heteroatoms. The smallest absolute Gasteiger partial charge is 0.335 e. The maximum atomic E-state index is 14.1. The normalized spacial score (nSPS) is 21.8. The van der Waals surface area contributed by atoms with E-state index in [4.69, 9.17) is 5.11 Å². The Morgan fingerprint density at radius 2 is 1.79 bits per heavy atom. The van der Waals surface area contributed by atoms with E-state index in [0.29, 0.717) is 11.5 Å². The molecule has 2 bridgehead atoms. The van der Waals surface area contributed by atoms with Crippen molar-refractivity contribution < 1.29 is 14.3 Å². The van der Waals surface area contributed by atoms with Gasteiger partial charge in [0.05, 0.1) is 5.56 Å². The molecule has 2 unspecified atom stereocenters. The lowest BCUT2D eigenvalue weighted by atomic mass is 9.89. The maximum Gasteiger partial charge on any atom is 0.335 e. The van der Waals surface area contributed by atoms with Crippen LogP contribution in [0.3, 0.4) is 0 Å². The van der Waals surface area contributed by atoms with Crippen molar-refractivity contribution in [3.63, 3.8) is 0 Å². The SMILES string of the molecule is C/C(=C/c1ccc(C(=O)O)cc1F)c1ccc2c(c1)C1CCC2C1. The van der Waals surface area contributed by atoms with E-state index in [1.54, 1.807) is 6.08 Å². The van der Waals surface area contributed by atoms with Crippen LogP contribution in [0.15, 0.2) is 36.4 Å². The van der Waals surface area contributed by atoms with Crippen LogP contribution >= 0.6 is 0 Å². The fourth-order valence-electron chi connectivity index (χ4n) is 4.19. The van der Waals surface area contributed by atoms with Gasteiger partial charge >= 0.3 is 5.97 Å². The topological polar surface area (TPSA) is 37.3 Å². The van der Waals surface area contributed by atoms with Gasteiger partial charge < -0.3 is 5.11 Å². The van der Waals surface area contributed by atoms with Gasteiger partial charge in [-0.25, -0.2) is 9.18 Å². The molecule has 0 radical (unpaired) electrons. The van der Waals surface area contributed by atoms with Crippen molar-refractivity contribution in [2.45, 2.75) is 38.0 Å². The van der Waals surface area contributed by atoms with E-state index in [1.165, 1.54) is 42.5 Å². The summed E-state index contributed by atoms with van der Waals surface area (Å²) in [6.07, 6.45) is 5.67. The van der Waals surface area contributed by atoms with Crippen LogP contribution in [-0.2, 0) is 0 Å². The molecule has 2 nitrogen and oxygen atoms in total. The number of rotatable bonds is 3. The van der Waals surface area contributed by atoms with Crippen molar-refractivity contribution in [3.05, 3.63) is 70.0 Å². The first-order chi connectivity index (χ1) is 11.5. The molecule has 1 N–H and O–H groups in total. The summed E-state index contributed by atoms with van der Waals surface area (Å²) in [5, 5.41) is 8.92. The largest absolute Gasteiger partial charge is 0.478 e. The Hall–Kier alpha value is -2.42. The summed E-state index contributed by atoms with van der Waals surface area (Å²) < 4.78 is 14.1. The van der Waals surface area contributed by atoms with Crippen LogP contribution in [-0.4, -0.2) is 11.1 Å². The number of hydrogen-bond donors (Lipinski definition) is 1. The van der Waals surface area contributed by atoms with E-state index >= 15 is 0 Å². The number of allylic oxidation sites excluding steroid dienone is 1. The zero-order valence-electron chi connectivity index (χ0n) is 13.6. The number of hydrogen-bond acceptors (Lipinski definition) is 1. The van der Waals surface area contributed by atoms with Gasteiger partial charge in [0.2, 0.25) is 0 Å². The predicted molar refractivity (Wildman–Crippen MR) is 92.7 cm³/mol. The van der Waals surface area contributed by atoms with Crippen molar-refractivity contribution >= 4 is 17.6 Å². The zero-order valence-corrected chi connectivity index (χ0v) is 13.6. The van der Waals surface area contributed by atoms with Crippen molar-refractivity contribution in [2.75, 3.05) is 0 Å². The van der Waals surface area contributed by atoms with Gasteiger partial charge in [0.25, 0.3) is 0 Å². The minimum atomic E-state index is -1.12. The molecule has 1 fully saturated rings. The molecule has 0 saturated heterocycles. The zero-order chi connectivity index (χ0) is 16.8. The Bertz CT molecular complexity index is 866. The van der Waals surface area contributed by atoms with E-state index in [1.807, 2.05) is 6.92 Å². The van der Waals surface area contributed by atoms with Gasteiger partial charge in [0, 0.05) is 5.56 Å². The van der Waals surface area contributed by atoms with Gasteiger partial charge in [-0.2, -0.15) is 0 Å². The summed E-state index contributed by atoms with van der Waals surface area (Å²) >= 11 is 0. The molecule has 1 saturated carbocycles. The molecule has 2 aromatic carbocycles. The van der Waals surface area contributed by atoms with Crippen molar-refractivity contribution in [1.82, 2.24) is 0 Å². The van der Waals surface area contributed by atoms with Gasteiger partial charge in [-0.1, -0.05) is 24.3 Å². The first kappa shape index (κ1) is 15.1. The van der Waals surface area contributed by atoms with Crippen LogP contribution in [0.5, 0.6) is 0 Å². The number of halogens is 1. The van der Waals surface area contributed by atoms with Gasteiger partial charge in [-0.15, -0.1) is 0 Å². The number of carboxylic acids is 1. The van der Waals surface area contributed by atoms with Crippen LogP contribution in [0.2, 0.25) is 0 Å². The third-order valence-electron chi connectivity index (χ3n) is 5.47. The summed E-state index contributed by atoms with van der Waals surface area (Å²) in [6.45, 7) is 1.97. The van der Waals surface area contributed by atoms with E-state index < -0.39 is 11.8 Å². The Balaban J connectivity index is 1.67. The molecule has 24 heavy (non-hydrogen) atoms. The summed E-state index contributed by atoms with van der Waals surface area (Å²) in [7, 11) is 0. The summed E-state index contributed by atoms with van der Waals surface area (Å²) in [5.74, 6) is -0.182. The molecular weight excluding hydrogens is 303 g/mol. The molecule has 2 aromatic rings. The number of benzene rings is 2. The molecule has 2 atom stereocenters. The summed E-state index contributed by atoms with van der Waals surface area (Å²) in [4.78, 5) is 10.9. The van der Waals surface area contributed by atoms with E-state index in [9.17, 15) is 9.18 Å². The van der Waals surface area contributed by atoms with Gasteiger partial charge in [-0.05, 0) is 78.5 Å². The lowest BCUT2D eigenvalue weighted by molar-refractivity contribution is 0.0696. The number of fused-ring (bicyclic) bond motifs is 5. The van der Waals surface area contributed by atoms with Crippen molar-refractivity contribution in [1.29, 1.82) is 0 Å². The quantitative estimate of drug-likeness (QED) is 0.763. The fourth-order valence-corrected chi connectivity index (χ4v) is 4.19. The number of carbonyl (C=O) groups is 1. The van der Waals surface area contributed by atoms with Crippen LogP contribution in [0.4, 0.5) is 4.39 Å². The molecule has 2 aliphatic carbocycles. The van der Waals surface area contributed by atoms with Crippen LogP contribution < -0.4 is 0 Å². The van der Waals surface area contributed by atoms with E-state index in [2.05, 4.69) is 18.2 Å². The first-order valence-corrected chi connectivity index (χ1v) is 8.38. The molecular formula is C21H19FO2. The molecule has 0 aromatic heterocycles. The average molecular weight is 322 g/mol. The molecule has 0 spiro atoms. The second-order valence-corrected chi connectivity index (χ2v) is 6.92. The van der Waals surface area contributed by atoms with Crippen molar-refractivity contribution in [2.24, 2.45) is 0 Å². The highest BCUT2D eigenvalue weighted by Gasteiger charge is 2.36. The minimum Gasteiger partial charge on any atom is -0.478 e. The van der Waals surface area contributed by atoms with Gasteiger partial charge in [0.1, 0.15) is 5.82 Å². The van der Waals surface area contributed by atoms with Gasteiger partial charge in [0.15, 0.2) is 0 Å². The number of carboxylic acid groups (broad SMARTS) is 1. The minimum absolute atomic E-state index is 0.0316. The summed E-state index contributed by atoms with van der Waals surface area (Å²) in [6, 6.07) is 10.6. The van der Waals surface area contributed by atoms with Crippen LogP contribution in [0.25, 0.3) is 11.6 Å². The molecule has 0 amide bonds. The lowest BCUT2D eigenvalue weighted by Crippen LogP contribution is -1.99. The van der Waals surface area contributed by atoms with E-state index in [0.717, 1.165) is 23.1 Å². The Kier molecular flexibility index (Phi) is 3.52. The third kappa shape index (κ3) is 2.44. The highest BCUT2D eigenvalue weighted by molar-refractivity contribution is 5.88. The van der Waals surface area contributed by atoms with Crippen LogP contribution in [0.1, 0.15) is 70.6 Å². The number of aromatic carboxylic acids is 1. The third-order valence-corrected chi connectivity index (χ3v) is 5.47. The van der Waals surface area contributed by atoms with E-state index in [-0.39, 0.29) is 5.56 Å². The highest BCUT2D eigenvalue weighted by atomic mass is 19.1. The fraction of sp³-hybridized carbons (Fsp3) is 0.286. The predicted octanol–water partition coefficient (Wildman–Crippen LogP) is 5.45. The molecule has 0 aliphatic heterocycles. The van der Waals surface area contributed by atoms with Crippen molar-refractivity contribution in [3.8, 4) is 0 Å². The molecule has 2 aliphatic rings. The second-order valence-electron chi connectivity index (χ2n) is 6.92. The first-order valence-electron chi connectivity index (χ1n) is 8.38. The Morgan fingerprint density at radius 1 is 1.08 bits per heavy atom.